The van der Waals surface area contributed by atoms with Crippen molar-refractivity contribution in [1.29, 1.82) is 0 Å². The molecule has 2 N–H and O–H groups in total. The van der Waals surface area contributed by atoms with Crippen molar-refractivity contribution in [3.05, 3.63) is 34.1 Å². The molecule has 2 aromatic rings. The van der Waals surface area contributed by atoms with E-state index in [0.717, 1.165) is 43.5 Å². The zero-order valence-electron chi connectivity index (χ0n) is 18.2. The number of ether oxygens (including phenoxy) is 2. The molecule has 0 amide bonds. The minimum atomic E-state index is -0.119. The summed E-state index contributed by atoms with van der Waals surface area (Å²) in [6.45, 7) is 4.00. The van der Waals surface area contributed by atoms with Crippen molar-refractivity contribution < 1.29 is 9.47 Å². The van der Waals surface area contributed by atoms with Gasteiger partial charge in [0.1, 0.15) is 0 Å². The molecule has 9 heteroatoms. The minimum absolute atomic E-state index is 0.119. The Morgan fingerprint density at radius 3 is 2.47 bits per heavy atom. The molecule has 0 spiro atoms. The minimum Gasteiger partial charge on any atom is -0.454 e. The number of benzene rings is 1. The van der Waals surface area contributed by atoms with E-state index in [0.29, 0.717) is 28.7 Å². The molecular weight excluding hydrogens is 402 g/mol. The van der Waals surface area contributed by atoms with E-state index in [1.165, 1.54) is 0 Å². The molecule has 2 heterocycles. The second-order valence-electron chi connectivity index (χ2n) is 8.03. The summed E-state index contributed by atoms with van der Waals surface area (Å²) in [6.07, 6.45) is 0.998. The average Bonchev–Trinajstić information content (AvgIpc) is 3.13. The highest BCUT2D eigenvalue weighted by Crippen LogP contribution is 2.35. The molecule has 30 heavy (non-hydrogen) atoms. The summed E-state index contributed by atoms with van der Waals surface area (Å²) in [7, 11) is 8.16. The topological polar surface area (TPSA) is 73.1 Å². The Morgan fingerprint density at radius 2 is 1.77 bits per heavy atom. The predicted octanol–water partition coefficient (Wildman–Crippen LogP) is 1.45. The fourth-order valence-electron chi connectivity index (χ4n) is 3.24. The third-order valence-corrected chi connectivity index (χ3v) is 5.34. The van der Waals surface area contributed by atoms with Crippen LogP contribution in [0.2, 0.25) is 0 Å². The highest BCUT2D eigenvalue weighted by Gasteiger charge is 2.17. The van der Waals surface area contributed by atoms with Crippen LogP contribution >= 0.6 is 12.2 Å². The quantitative estimate of drug-likeness (QED) is 0.455. The number of nitrogens with zero attached hydrogens (tertiary/aromatic N) is 3. The zero-order valence-corrected chi connectivity index (χ0v) is 19.0. The van der Waals surface area contributed by atoms with Gasteiger partial charge in [0.15, 0.2) is 16.6 Å². The van der Waals surface area contributed by atoms with Gasteiger partial charge in [0, 0.05) is 36.7 Å². The maximum absolute atomic E-state index is 12.7. The van der Waals surface area contributed by atoms with Crippen molar-refractivity contribution in [2.24, 2.45) is 0 Å². The smallest absolute Gasteiger partial charge is 0.253 e. The first-order chi connectivity index (χ1) is 14.3. The number of pyridine rings is 1. The van der Waals surface area contributed by atoms with E-state index in [-0.39, 0.29) is 12.4 Å². The van der Waals surface area contributed by atoms with Gasteiger partial charge in [0.2, 0.25) is 6.79 Å². The van der Waals surface area contributed by atoms with Crippen LogP contribution in [-0.4, -0.2) is 86.0 Å². The van der Waals surface area contributed by atoms with Gasteiger partial charge < -0.3 is 34.5 Å². The Hall–Kier alpha value is -2.36. The average molecular weight is 434 g/mol. The molecule has 0 atom stereocenters. The summed E-state index contributed by atoms with van der Waals surface area (Å²) in [4.78, 5) is 22.0. The van der Waals surface area contributed by atoms with Crippen LogP contribution in [0.15, 0.2) is 23.0 Å². The molecule has 0 bridgehead atoms. The van der Waals surface area contributed by atoms with Gasteiger partial charge in [-0.3, -0.25) is 4.79 Å². The van der Waals surface area contributed by atoms with E-state index in [4.69, 9.17) is 21.7 Å². The van der Waals surface area contributed by atoms with E-state index in [1.54, 1.807) is 0 Å². The molecule has 1 aliphatic heterocycles. The SMILES string of the molecule is CN(C)CCCNC(=S)N(CCN(C)C)Cc1cc2cc3c(cc2[nH]c1=O)OCO3. The van der Waals surface area contributed by atoms with E-state index in [1.807, 2.05) is 37.2 Å². The van der Waals surface area contributed by atoms with E-state index in [2.05, 4.69) is 34.2 Å². The van der Waals surface area contributed by atoms with Crippen LogP contribution in [-0.2, 0) is 6.54 Å². The Balaban J connectivity index is 1.76. The number of thiocarbonyl (C=S) groups is 1. The lowest BCUT2D eigenvalue weighted by atomic mass is 10.1. The molecule has 1 aliphatic rings. The number of rotatable bonds is 9. The van der Waals surface area contributed by atoms with Crippen LogP contribution in [0.5, 0.6) is 11.5 Å². The third-order valence-electron chi connectivity index (χ3n) is 4.94. The van der Waals surface area contributed by atoms with Crippen molar-refractivity contribution in [2.45, 2.75) is 13.0 Å². The number of fused-ring (bicyclic) bond motifs is 2. The van der Waals surface area contributed by atoms with Crippen LogP contribution in [0.25, 0.3) is 10.9 Å². The fraction of sp³-hybridized carbons (Fsp3) is 0.524. The highest BCUT2D eigenvalue weighted by molar-refractivity contribution is 7.80. The molecular formula is C21H31N5O3S. The first kappa shape index (κ1) is 22.3. The zero-order chi connectivity index (χ0) is 21.7. The van der Waals surface area contributed by atoms with Crippen LogP contribution in [0, 0.1) is 0 Å². The van der Waals surface area contributed by atoms with E-state index < -0.39 is 0 Å². The lowest BCUT2D eigenvalue weighted by molar-refractivity contribution is 0.174. The second-order valence-corrected chi connectivity index (χ2v) is 8.42. The van der Waals surface area contributed by atoms with Crippen molar-refractivity contribution >= 4 is 28.2 Å². The van der Waals surface area contributed by atoms with Crippen LogP contribution in [0.3, 0.4) is 0 Å². The maximum Gasteiger partial charge on any atom is 0.253 e. The molecule has 1 aromatic heterocycles. The lowest BCUT2D eigenvalue weighted by Gasteiger charge is -2.27. The van der Waals surface area contributed by atoms with Crippen LogP contribution in [0.1, 0.15) is 12.0 Å². The van der Waals surface area contributed by atoms with Gasteiger partial charge in [-0.2, -0.15) is 0 Å². The molecule has 0 saturated carbocycles. The summed E-state index contributed by atoms with van der Waals surface area (Å²) < 4.78 is 10.9. The molecule has 0 saturated heterocycles. The largest absolute Gasteiger partial charge is 0.454 e. The standard InChI is InChI=1S/C21H31N5O3S/c1-24(2)7-5-6-22-21(30)26(9-8-25(3)4)13-16-10-15-11-18-19(29-14-28-18)12-17(15)23-20(16)27/h10-12H,5-9,13-14H2,1-4H3,(H,22,30)(H,23,27). The van der Waals surface area contributed by atoms with Crippen molar-refractivity contribution in [3.63, 3.8) is 0 Å². The summed E-state index contributed by atoms with van der Waals surface area (Å²) >= 11 is 5.64. The van der Waals surface area contributed by atoms with Gasteiger partial charge in [-0.05, 0) is 65.5 Å². The fourth-order valence-corrected chi connectivity index (χ4v) is 3.50. The molecule has 1 aromatic carbocycles. The first-order valence-electron chi connectivity index (χ1n) is 10.1. The molecule has 8 nitrogen and oxygen atoms in total. The predicted molar refractivity (Wildman–Crippen MR) is 123 cm³/mol. The Labute approximate surface area is 182 Å². The monoisotopic (exact) mass is 433 g/mol. The molecule has 0 unspecified atom stereocenters. The Morgan fingerprint density at radius 1 is 1.07 bits per heavy atom. The number of likely N-dealkylation sites (N-methyl/N-ethyl adjacent to an activating group) is 1. The van der Waals surface area contributed by atoms with Gasteiger partial charge in [0.25, 0.3) is 5.56 Å². The third kappa shape index (κ3) is 5.84. The molecule has 0 fully saturated rings. The van der Waals surface area contributed by atoms with Crippen molar-refractivity contribution in [1.82, 2.24) is 25.0 Å². The Kier molecular flexibility index (Phi) is 7.52. The molecule has 0 radical (unpaired) electrons. The van der Waals surface area contributed by atoms with Crippen LogP contribution in [0.4, 0.5) is 0 Å². The lowest BCUT2D eigenvalue weighted by Crippen LogP contribution is -2.43. The van der Waals surface area contributed by atoms with Gasteiger partial charge in [0.05, 0.1) is 12.1 Å². The normalized spacial score (nSPS) is 12.7. The summed E-state index contributed by atoms with van der Waals surface area (Å²) in [5.41, 5.74) is 1.28. The van der Waals surface area contributed by atoms with Gasteiger partial charge in [-0.1, -0.05) is 0 Å². The van der Waals surface area contributed by atoms with E-state index in [9.17, 15) is 4.79 Å². The number of aromatic amines is 1. The van der Waals surface area contributed by atoms with Crippen molar-refractivity contribution in [2.75, 3.05) is 61.2 Å². The second kappa shape index (κ2) is 10.1. The van der Waals surface area contributed by atoms with Gasteiger partial charge >= 0.3 is 0 Å². The number of aromatic nitrogens is 1. The number of hydrogen-bond acceptors (Lipinski definition) is 6. The number of hydrogen-bond donors (Lipinski definition) is 2. The van der Waals surface area contributed by atoms with Crippen molar-refractivity contribution in [3.8, 4) is 11.5 Å². The number of nitrogens with one attached hydrogen (secondary N) is 2. The summed E-state index contributed by atoms with van der Waals surface area (Å²) in [6, 6.07) is 5.62. The van der Waals surface area contributed by atoms with E-state index >= 15 is 0 Å². The first-order valence-corrected chi connectivity index (χ1v) is 10.5. The maximum atomic E-state index is 12.7. The summed E-state index contributed by atoms with van der Waals surface area (Å²) in [5, 5.41) is 4.91. The van der Waals surface area contributed by atoms with Crippen LogP contribution < -0.4 is 20.3 Å². The Bertz CT molecular complexity index is 944. The molecule has 164 valence electrons. The molecule has 0 aliphatic carbocycles. The number of H-pyrrole nitrogens is 1. The van der Waals surface area contributed by atoms with Gasteiger partial charge in [-0.25, -0.2) is 0 Å². The summed E-state index contributed by atoms with van der Waals surface area (Å²) in [5.74, 6) is 1.35. The van der Waals surface area contributed by atoms with Gasteiger partial charge in [-0.15, -0.1) is 0 Å². The molecule has 3 rings (SSSR count). The highest BCUT2D eigenvalue weighted by atomic mass is 32.1.